The summed E-state index contributed by atoms with van der Waals surface area (Å²) >= 11 is 0. The number of para-hydroxylation sites is 1. The highest BCUT2D eigenvalue weighted by Gasteiger charge is 2.22. The van der Waals surface area contributed by atoms with E-state index in [0.717, 1.165) is 22.0 Å². The van der Waals surface area contributed by atoms with Crippen LogP contribution < -0.4 is 0 Å². The predicted molar refractivity (Wildman–Crippen MR) is 106 cm³/mol. The normalized spacial score (nSPS) is 12.6. The number of fused-ring (bicyclic) bond motifs is 9. The molecule has 0 saturated heterocycles. The lowest BCUT2D eigenvalue weighted by molar-refractivity contribution is 0.619. The molecular formula is C23H12N2O. The molecule has 0 aliphatic rings. The lowest BCUT2D eigenvalue weighted by atomic mass is 9.98. The Balaban J connectivity index is 2.08. The van der Waals surface area contributed by atoms with E-state index in [-0.39, 0.29) is 0 Å². The van der Waals surface area contributed by atoms with Gasteiger partial charge in [0.2, 0.25) is 0 Å². The van der Waals surface area contributed by atoms with Crippen molar-refractivity contribution in [3.8, 4) is 0 Å². The molecule has 0 unspecified atom stereocenters. The SMILES string of the molecule is c1cc2c3ncccc3n3c4ccccc4c4c5ccoc5c(c1)c2c43. The highest BCUT2D eigenvalue weighted by Crippen LogP contribution is 2.45. The van der Waals surface area contributed by atoms with E-state index in [4.69, 9.17) is 9.40 Å². The molecule has 3 aromatic carbocycles. The van der Waals surface area contributed by atoms with E-state index in [1.807, 2.05) is 12.3 Å². The maximum atomic E-state index is 5.93. The molecule has 3 nitrogen and oxygen atoms in total. The fraction of sp³-hybridized carbons (Fsp3) is 0. The largest absolute Gasteiger partial charge is 0.464 e. The minimum Gasteiger partial charge on any atom is -0.464 e. The first-order chi connectivity index (χ1) is 12.9. The van der Waals surface area contributed by atoms with Crippen molar-refractivity contribution in [1.82, 2.24) is 9.38 Å². The van der Waals surface area contributed by atoms with Crippen molar-refractivity contribution in [3.05, 3.63) is 73.1 Å². The van der Waals surface area contributed by atoms with E-state index in [9.17, 15) is 0 Å². The first-order valence-electron chi connectivity index (χ1n) is 8.74. The van der Waals surface area contributed by atoms with Crippen LogP contribution in [0.4, 0.5) is 0 Å². The van der Waals surface area contributed by atoms with Gasteiger partial charge < -0.3 is 8.82 Å². The smallest absolute Gasteiger partial charge is 0.142 e. The lowest BCUT2D eigenvalue weighted by Gasteiger charge is -2.12. The Hall–Kier alpha value is -3.59. The zero-order chi connectivity index (χ0) is 16.8. The quantitative estimate of drug-likeness (QED) is 0.247. The summed E-state index contributed by atoms with van der Waals surface area (Å²) in [7, 11) is 0. The topological polar surface area (TPSA) is 30.4 Å². The van der Waals surface area contributed by atoms with E-state index in [2.05, 4.69) is 59.0 Å². The summed E-state index contributed by atoms with van der Waals surface area (Å²) in [5, 5.41) is 7.24. The van der Waals surface area contributed by atoms with E-state index in [1.54, 1.807) is 6.26 Å². The zero-order valence-corrected chi connectivity index (χ0v) is 13.7. The standard InChI is InChI=1S/C23H12N2O/c1-2-8-17-13(5-1)19-16-10-12-26-23(16)15-7-3-6-14-20(15)22(19)25(17)18-9-4-11-24-21(14)18/h1-12H. The van der Waals surface area contributed by atoms with Crippen LogP contribution in [0.15, 0.2) is 77.5 Å². The van der Waals surface area contributed by atoms with Gasteiger partial charge in [-0.1, -0.05) is 36.4 Å². The molecule has 0 aliphatic carbocycles. The van der Waals surface area contributed by atoms with Crippen molar-refractivity contribution >= 4 is 60.0 Å². The van der Waals surface area contributed by atoms with Crippen LogP contribution in [-0.2, 0) is 0 Å². The van der Waals surface area contributed by atoms with Crippen molar-refractivity contribution in [3.63, 3.8) is 0 Å². The van der Waals surface area contributed by atoms with Gasteiger partial charge in [-0.15, -0.1) is 0 Å². The highest BCUT2D eigenvalue weighted by molar-refractivity contribution is 6.36. The Morgan fingerprint density at radius 1 is 0.692 bits per heavy atom. The minimum absolute atomic E-state index is 0.955. The second-order valence-electron chi connectivity index (χ2n) is 6.84. The van der Waals surface area contributed by atoms with Crippen molar-refractivity contribution < 1.29 is 4.42 Å². The number of hydrogen-bond donors (Lipinski definition) is 0. The van der Waals surface area contributed by atoms with Crippen LogP contribution >= 0.6 is 0 Å². The van der Waals surface area contributed by atoms with E-state index < -0.39 is 0 Å². The van der Waals surface area contributed by atoms with E-state index in [0.29, 0.717) is 0 Å². The van der Waals surface area contributed by atoms with Gasteiger partial charge in [-0.25, -0.2) is 0 Å². The third kappa shape index (κ3) is 1.25. The van der Waals surface area contributed by atoms with E-state index >= 15 is 0 Å². The molecule has 120 valence electrons. The Morgan fingerprint density at radius 2 is 1.46 bits per heavy atom. The first-order valence-corrected chi connectivity index (χ1v) is 8.74. The summed E-state index contributed by atoms with van der Waals surface area (Å²) in [6.45, 7) is 0. The van der Waals surface area contributed by atoms with Crippen LogP contribution in [0, 0.1) is 0 Å². The molecule has 0 atom stereocenters. The average molecular weight is 332 g/mol. The second-order valence-corrected chi connectivity index (χ2v) is 6.84. The van der Waals surface area contributed by atoms with Crippen LogP contribution in [0.3, 0.4) is 0 Å². The highest BCUT2D eigenvalue weighted by atomic mass is 16.3. The number of hydrogen-bond acceptors (Lipinski definition) is 2. The molecule has 0 amide bonds. The van der Waals surface area contributed by atoms with Crippen LogP contribution in [0.2, 0.25) is 0 Å². The molecule has 0 aliphatic heterocycles. The number of rotatable bonds is 0. The Labute approximate surface area is 147 Å². The van der Waals surface area contributed by atoms with Crippen molar-refractivity contribution in [2.45, 2.75) is 0 Å². The van der Waals surface area contributed by atoms with Crippen LogP contribution in [-0.4, -0.2) is 9.38 Å². The van der Waals surface area contributed by atoms with Gasteiger partial charge in [0, 0.05) is 38.5 Å². The van der Waals surface area contributed by atoms with Gasteiger partial charge in [0.15, 0.2) is 0 Å². The molecule has 0 saturated carbocycles. The predicted octanol–water partition coefficient (Wildman–Crippen LogP) is 6.13. The average Bonchev–Trinajstić information content (AvgIpc) is 3.31. The molecule has 4 aromatic heterocycles. The Morgan fingerprint density at radius 3 is 2.46 bits per heavy atom. The molecule has 0 radical (unpaired) electrons. The van der Waals surface area contributed by atoms with Crippen LogP contribution in [0.5, 0.6) is 0 Å². The molecule has 0 bridgehead atoms. The van der Waals surface area contributed by atoms with Gasteiger partial charge >= 0.3 is 0 Å². The molecule has 7 aromatic rings. The number of pyridine rings is 2. The molecule has 26 heavy (non-hydrogen) atoms. The maximum absolute atomic E-state index is 5.93. The fourth-order valence-corrected chi connectivity index (χ4v) is 4.69. The van der Waals surface area contributed by atoms with Gasteiger partial charge in [0.05, 0.1) is 28.3 Å². The minimum atomic E-state index is 0.955. The van der Waals surface area contributed by atoms with Gasteiger partial charge in [0.25, 0.3) is 0 Å². The lowest BCUT2D eigenvalue weighted by Crippen LogP contribution is -1.93. The zero-order valence-electron chi connectivity index (χ0n) is 13.7. The number of aromatic nitrogens is 2. The van der Waals surface area contributed by atoms with Crippen LogP contribution in [0.25, 0.3) is 60.0 Å². The number of furan rings is 1. The molecule has 4 heterocycles. The van der Waals surface area contributed by atoms with Gasteiger partial charge in [0.1, 0.15) is 5.58 Å². The molecule has 0 fully saturated rings. The van der Waals surface area contributed by atoms with Gasteiger partial charge in [-0.05, 0) is 24.3 Å². The van der Waals surface area contributed by atoms with Crippen molar-refractivity contribution in [2.24, 2.45) is 0 Å². The van der Waals surface area contributed by atoms with Crippen molar-refractivity contribution in [1.29, 1.82) is 0 Å². The summed E-state index contributed by atoms with van der Waals surface area (Å²) in [4.78, 5) is 4.73. The number of nitrogens with zero attached hydrogens (tertiary/aromatic N) is 2. The molecule has 0 spiro atoms. The summed E-state index contributed by atoms with van der Waals surface area (Å²) < 4.78 is 8.30. The number of benzene rings is 3. The summed E-state index contributed by atoms with van der Waals surface area (Å²) in [6, 6.07) is 21.3. The third-order valence-corrected chi connectivity index (χ3v) is 5.64. The molecule has 0 N–H and O–H groups in total. The first kappa shape index (κ1) is 12.7. The summed E-state index contributed by atoms with van der Waals surface area (Å²) in [6.07, 6.45) is 3.67. The van der Waals surface area contributed by atoms with Crippen molar-refractivity contribution in [2.75, 3.05) is 0 Å². The van der Waals surface area contributed by atoms with Gasteiger partial charge in [-0.3, -0.25) is 4.98 Å². The third-order valence-electron chi connectivity index (χ3n) is 5.64. The van der Waals surface area contributed by atoms with Gasteiger partial charge in [-0.2, -0.15) is 0 Å². The molecule has 7 rings (SSSR count). The van der Waals surface area contributed by atoms with Crippen LogP contribution in [0.1, 0.15) is 0 Å². The monoisotopic (exact) mass is 332 g/mol. The molecule has 3 heteroatoms. The summed E-state index contributed by atoms with van der Waals surface area (Å²) in [5.41, 5.74) is 5.59. The summed E-state index contributed by atoms with van der Waals surface area (Å²) in [5.74, 6) is 0. The Kier molecular flexibility index (Phi) is 2.03. The maximum Gasteiger partial charge on any atom is 0.142 e. The molecular weight excluding hydrogens is 320 g/mol. The second kappa shape index (κ2) is 4.14. The Bertz CT molecular complexity index is 1600. The fourth-order valence-electron chi connectivity index (χ4n) is 4.69. The van der Waals surface area contributed by atoms with E-state index in [1.165, 1.54) is 38.0 Å².